The highest BCUT2D eigenvalue weighted by Gasteiger charge is 2.31. The summed E-state index contributed by atoms with van der Waals surface area (Å²) in [5.41, 5.74) is 7.02. The van der Waals surface area contributed by atoms with Crippen molar-refractivity contribution >= 4 is 23.5 Å². The Morgan fingerprint density at radius 1 is 1.39 bits per heavy atom. The van der Waals surface area contributed by atoms with Gasteiger partial charge in [-0.25, -0.2) is 4.98 Å². The molecular weight excluding hydrogens is 310 g/mol. The molecule has 0 bridgehead atoms. The molecule has 0 aromatic carbocycles. The van der Waals surface area contributed by atoms with Crippen molar-refractivity contribution in [1.29, 1.82) is 0 Å². The van der Waals surface area contributed by atoms with Crippen molar-refractivity contribution in [2.24, 2.45) is 5.73 Å². The average molecular weight is 333 g/mol. The molecule has 1 unspecified atom stereocenters. The van der Waals surface area contributed by atoms with Crippen LogP contribution in [0.3, 0.4) is 0 Å². The summed E-state index contributed by atoms with van der Waals surface area (Å²) in [6.07, 6.45) is 7.71. The second-order valence-corrected chi connectivity index (χ2v) is 7.81. The number of hydrogen-bond donors (Lipinski definition) is 2. The number of thioether (sulfide) groups is 1. The largest absolute Gasteiger partial charge is 0.354 e. The molecule has 2 aliphatic rings. The predicted molar refractivity (Wildman–Crippen MR) is 90.2 cm³/mol. The number of nitrogens with one attached hydrogen (secondary N) is 1. The second-order valence-electron chi connectivity index (χ2n) is 6.62. The van der Waals surface area contributed by atoms with Crippen LogP contribution in [-0.4, -0.2) is 34.0 Å². The van der Waals surface area contributed by atoms with E-state index in [0.29, 0.717) is 13.0 Å². The normalized spacial score (nSPS) is 23.2. The van der Waals surface area contributed by atoms with E-state index in [-0.39, 0.29) is 28.9 Å². The molecule has 124 valence electrons. The molecule has 1 saturated carbocycles. The summed E-state index contributed by atoms with van der Waals surface area (Å²) < 4.78 is 0. The minimum atomic E-state index is -0.336. The van der Waals surface area contributed by atoms with Crippen LogP contribution < -0.4 is 11.1 Å². The summed E-state index contributed by atoms with van der Waals surface area (Å²) in [5, 5.41) is 3.47. The number of carbonyl (C=O) groups excluding carboxylic acids is 2. The summed E-state index contributed by atoms with van der Waals surface area (Å²) in [5.74, 6) is 0.0106. The lowest BCUT2D eigenvalue weighted by molar-refractivity contribution is -0.125. The van der Waals surface area contributed by atoms with Gasteiger partial charge in [-0.1, -0.05) is 37.1 Å². The van der Waals surface area contributed by atoms with Crippen LogP contribution in [0.5, 0.6) is 0 Å². The zero-order valence-electron chi connectivity index (χ0n) is 13.2. The number of hydrogen-bond acceptors (Lipinski definition) is 5. The molecule has 1 aromatic rings. The van der Waals surface area contributed by atoms with Gasteiger partial charge in [0.25, 0.3) is 0 Å². The SMILES string of the molecule is NC1(CNC(=O)CC2Sc3ncccc3CC2=O)CCCCC1. The molecule has 2 heterocycles. The van der Waals surface area contributed by atoms with Gasteiger partial charge >= 0.3 is 0 Å². The molecule has 1 aliphatic carbocycles. The number of nitrogens with zero attached hydrogens (tertiary/aromatic N) is 1. The molecular formula is C17H23N3O2S. The van der Waals surface area contributed by atoms with Gasteiger partial charge in [0.15, 0.2) is 5.78 Å². The first kappa shape index (κ1) is 16.5. The van der Waals surface area contributed by atoms with E-state index in [4.69, 9.17) is 5.73 Å². The Kier molecular flexibility index (Phi) is 5.02. The molecule has 3 N–H and O–H groups in total. The van der Waals surface area contributed by atoms with Gasteiger partial charge in [0.2, 0.25) is 5.91 Å². The lowest BCUT2D eigenvalue weighted by Gasteiger charge is -2.33. The van der Waals surface area contributed by atoms with Gasteiger partial charge in [-0.2, -0.15) is 0 Å². The summed E-state index contributed by atoms with van der Waals surface area (Å²) in [6, 6.07) is 3.76. The van der Waals surface area contributed by atoms with Gasteiger partial charge in [0, 0.05) is 31.1 Å². The number of nitrogens with two attached hydrogens (primary N) is 1. The first-order valence-electron chi connectivity index (χ1n) is 8.25. The Bertz CT molecular complexity index is 599. The Hall–Kier alpha value is -1.40. The monoisotopic (exact) mass is 333 g/mol. The number of Topliss-reactive ketones (excluding diaryl/α,β-unsaturated/α-hetero) is 1. The Labute approximate surface area is 140 Å². The standard InChI is InChI=1S/C17H23N3O2S/c18-17(6-2-1-3-7-17)11-20-15(22)10-14-13(21)9-12-5-4-8-19-16(12)23-14/h4-5,8,14H,1-3,6-7,9-11,18H2,(H,20,22). The van der Waals surface area contributed by atoms with Crippen LogP contribution in [0.4, 0.5) is 0 Å². The number of fused-ring (bicyclic) bond motifs is 1. The molecule has 0 radical (unpaired) electrons. The van der Waals surface area contributed by atoms with E-state index in [1.165, 1.54) is 18.2 Å². The molecule has 6 heteroatoms. The Morgan fingerprint density at radius 2 is 2.17 bits per heavy atom. The molecule has 1 amide bonds. The third-order valence-electron chi connectivity index (χ3n) is 4.69. The van der Waals surface area contributed by atoms with Crippen LogP contribution in [-0.2, 0) is 16.0 Å². The topological polar surface area (TPSA) is 85.1 Å². The van der Waals surface area contributed by atoms with Crippen LogP contribution in [0.15, 0.2) is 23.4 Å². The average Bonchev–Trinajstić information content (AvgIpc) is 2.54. The maximum Gasteiger partial charge on any atom is 0.221 e. The van der Waals surface area contributed by atoms with Crippen molar-refractivity contribution in [2.75, 3.05) is 6.54 Å². The first-order valence-corrected chi connectivity index (χ1v) is 9.13. The van der Waals surface area contributed by atoms with E-state index < -0.39 is 0 Å². The second kappa shape index (κ2) is 7.01. The highest BCUT2D eigenvalue weighted by Crippen LogP contribution is 2.33. The summed E-state index contributed by atoms with van der Waals surface area (Å²) in [4.78, 5) is 28.7. The van der Waals surface area contributed by atoms with Crippen molar-refractivity contribution in [3.05, 3.63) is 23.9 Å². The zero-order valence-corrected chi connectivity index (χ0v) is 14.0. The van der Waals surface area contributed by atoms with E-state index in [1.54, 1.807) is 6.20 Å². The van der Waals surface area contributed by atoms with E-state index in [9.17, 15) is 9.59 Å². The summed E-state index contributed by atoms with van der Waals surface area (Å²) in [7, 11) is 0. The van der Waals surface area contributed by atoms with Gasteiger partial charge in [-0.05, 0) is 24.5 Å². The van der Waals surface area contributed by atoms with Crippen molar-refractivity contribution in [3.8, 4) is 0 Å². The molecule has 0 spiro atoms. The first-order chi connectivity index (χ1) is 11.1. The molecule has 3 rings (SSSR count). The van der Waals surface area contributed by atoms with Crippen molar-refractivity contribution in [3.63, 3.8) is 0 Å². The number of rotatable bonds is 4. The van der Waals surface area contributed by atoms with Crippen molar-refractivity contribution in [1.82, 2.24) is 10.3 Å². The van der Waals surface area contributed by atoms with Gasteiger partial charge in [-0.3, -0.25) is 9.59 Å². The van der Waals surface area contributed by atoms with E-state index in [0.717, 1.165) is 36.3 Å². The zero-order chi connectivity index (χ0) is 16.3. The minimum Gasteiger partial charge on any atom is -0.354 e. The van der Waals surface area contributed by atoms with Gasteiger partial charge in [-0.15, -0.1) is 0 Å². The smallest absolute Gasteiger partial charge is 0.221 e. The maximum atomic E-state index is 12.2. The molecule has 23 heavy (non-hydrogen) atoms. The number of ketones is 1. The fourth-order valence-corrected chi connectivity index (χ4v) is 4.40. The lowest BCUT2D eigenvalue weighted by Crippen LogP contribution is -2.51. The lowest BCUT2D eigenvalue weighted by atomic mass is 9.82. The Balaban J connectivity index is 1.53. The summed E-state index contributed by atoms with van der Waals surface area (Å²) >= 11 is 1.40. The van der Waals surface area contributed by atoms with Crippen LogP contribution in [0.2, 0.25) is 0 Å². The molecule has 0 saturated heterocycles. The highest BCUT2D eigenvalue weighted by atomic mass is 32.2. The van der Waals surface area contributed by atoms with Crippen LogP contribution in [0.1, 0.15) is 44.1 Å². The van der Waals surface area contributed by atoms with Crippen LogP contribution in [0, 0.1) is 0 Å². The fraction of sp³-hybridized carbons (Fsp3) is 0.588. The quantitative estimate of drug-likeness (QED) is 0.878. The molecule has 1 aromatic heterocycles. The number of pyridine rings is 1. The van der Waals surface area contributed by atoms with Crippen LogP contribution in [0.25, 0.3) is 0 Å². The third kappa shape index (κ3) is 4.12. The van der Waals surface area contributed by atoms with Gasteiger partial charge < -0.3 is 11.1 Å². The van der Waals surface area contributed by atoms with Crippen LogP contribution >= 0.6 is 11.8 Å². The van der Waals surface area contributed by atoms with E-state index in [2.05, 4.69) is 10.3 Å². The molecule has 5 nitrogen and oxygen atoms in total. The fourth-order valence-electron chi connectivity index (χ4n) is 3.27. The number of carbonyl (C=O) groups is 2. The molecule has 1 fully saturated rings. The van der Waals surface area contributed by atoms with E-state index in [1.807, 2.05) is 12.1 Å². The maximum absolute atomic E-state index is 12.2. The molecule has 1 aliphatic heterocycles. The van der Waals surface area contributed by atoms with Crippen molar-refractivity contribution < 1.29 is 9.59 Å². The number of amides is 1. The Morgan fingerprint density at radius 3 is 2.96 bits per heavy atom. The number of aromatic nitrogens is 1. The van der Waals surface area contributed by atoms with E-state index >= 15 is 0 Å². The summed E-state index contributed by atoms with van der Waals surface area (Å²) in [6.45, 7) is 0.506. The van der Waals surface area contributed by atoms with Crippen molar-refractivity contribution in [2.45, 2.75) is 60.8 Å². The minimum absolute atomic E-state index is 0.0920. The third-order valence-corrected chi connectivity index (χ3v) is 5.99. The van der Waals surface area contributed by atoms with Gasteiger partial charge in [0.05, 0.1) is 5.25 Å². The van der Waals surface area contributed by atoms with Gasteiger partial charge in [0.1, 0.15) is 5.03 Å². The predicted octanol–water partition coefficient (Wildman–Crippen LogP) is 1.84. The molecule has 1 atom stereocenters. The highest BCUT2D eigenvalue weighted by molar-refractivity contribution is 8.00.